The summed E-state index contributed by atoms with van der Waals surface area (Å²) in [6.45, 7) is 4.56. The number of rotatable bonds is 9. The van der Waals surface area contributed by atoms with E-state index in [0.29, 0.717) is 34.9 Å². The minimum absolute atomic E-state index is 0.162. The lowest BCUT2D eigenvalue weighted by Crippen LogP contribution is -2.14. The Balaban J connectivity index is 1.28. The molecular formula is C21H22N6O4S. The number of hydrogen-bond acceptors (Lipinski definition) is 9. The van der Waals surface area contributed by atoms with Crippen molar-refractivity contribution in [3.63, 3.8) is 0 Å². The predicted octanol–water partition coefficient (Wildman–Crippen LogP) is 3.50. The van der Waals surface area contributed by atoms with Crippen molar-refractivity contribution in [3.05, 3.63) is 48.0 Å². The molecule has 0 saturated carbocycles. The van der Waals surface area contributed by atoms with Crippen LogP contribution >= 0.6 is 11.8 Å². The second kappa shape index (κ2) is 10.1. The molecule has 0 atom stereocenters. The van der Waals surface area contributed by atoms with Gasteiger partial charge in [0.25, 0.3) is 0 Å². The van der Waals surface area contributed by atoms with Gasteiger partial charge in [0, 0.05) is 17.3 Å². The fourth-order valence-corrected chi connectivity index (χ4v) is 3.44. The molecule has 2 aromatic carbocycles. The van der Waals surface area contributed by atoms with Crippen LogP contribution < -0.4 is 25.0 Å². The third kappa shape index (κ3) is 5.49. The van der Waals surface area contributed by atoms with Crippen LogP contribution in [0.1, 0.15) is 19.4 Å². The van der Waals surface area contributed by atoms with E-state index >= 15 is 0 Å². The minimum Gasteiger partial charge on any atom is -0.494 e. The van der Waals surface area contributed by atoms with Crippen molar-refractivity contribution in [2.75, 3.05) is 29.9 Å². The van der Waals surface area contributed by atoms with Gasteiger partial charge in [-0.3, -0.25) is 4.79 Å². The zero-order chi connectivity index (χ0) is 22.3. The Morgan fingerprint density at radius 3 is 3.00 bits per heavy atom. The number of anilines is 2. The Hall–Kier alpha value is -3.73. The number of ether oxygens (including phenoxy) is 3. The third-order valence-electron chi connectivity index (χ3n) is 4.35. The number of carbonyl (C=O) groups excluding carboxylic acids is 1. The lowest BCUT2D eigenvalue weighted by Gasteiger charge is -2.07. The van der Waals surface area contributed by atoms with Crippen LogP contribution in [0.15, 0.2) is 52.7 Å². The van der Waals surface area contributed by atoms with E-state index in [0.717, 1.165) is 17.0 Å². The topological polar surface area (TPSA) is 123 Å². The predicted molar refractivity (Wildman–Crippen MR) is 122 cm³/mol. The maximum atomic E-state index is 12.2. The molecule has 0 fully saturated rings. The van der Waals surface area contributed by atoms with Gasteiger partial charge in [0.1, 0.15) is 5.75 Å². The normalized spacial score (nSPS) is 12.5. The van der Waals surface area contributed by atoms with Gasteiger partial charge in [-0.05, 0) is 44.2 Å². The van der Waals surface area contributed by atoms with Gasteiger partial charge in [-0.2, -0.15) is 10.1 Å². The number of aromatic amines is 1. The average molecular weight is 455 g/mol. The van der Waals surface area contributed by atoms with E-state index < -0.39 is 0 Å². The van der Waals surface area contributed by atoms with Gasteiger partial charge in [-0.1, -0.05) is 17.8 Å². The summed E-state index contributed by atoms with van der Waals surface area (Å²) < 4.78 is 16.1. The zero-order valence-electron chi connectivity index (χ0n) is 17.5. The van der Waals surface area contributed by atoms with Gasteiger partial charge in [0.05, 0.1) is 18.1 Å². The molecule has 1 aromatic heterocycles. The van der Waals surface area contributed by atoms with E-state index in [-0.39, 0.29) is 18.5 Å². The van der Waals surface area contributed by atoms with E-state index in [1.807, 2.05) is 44.2 Å². The Labute approximate surface area is 188 Å². The van der Waals surface area contributed by atoms with Crippen molar-refractivity contribution in [1.82, 2.24) is 15.2 Å². The first-order valence-corrected chi connectivity index (χ1v) is 10.9. The number of thioether (sulfide) groups is 1. The van der Waals surface area contributed by atoms with E-state index in [1.54, 1.807) is 12.1 Å². The molecule has 1 amide bonds. The number of amides is 1. The Morgan fingerprint density at radius 1 is 1.25 bits per heavy atom. The van der Waals surface area contributed by atoms with Crippen molar-refractivity contribution < 1.29 is 19.0 Å². The summed E-state index contributed by atoms with van der Waals surface area (Å²) in [5.41, 5.74) is 5.14. The molecule has 1 aliphatic rings. The van der Waals surface area contributed by atoms with Crippen LogP contribution in [0.2, 0.25) is 0 Å². The van der Waals surface area contributed by atoms with Crippen LogP contribution in [0.3, 0.4) is 0 Å². The Kier molecular flexibility index (Phi) is 6.75. The van der Waals surface area contributed by atoms with Crippen LogP contribution in [0.4, 0.5) is 11.6 Å². The van der Waals surface area contributed by atoms with Crippen molar-refractivity contribution in [3.8, 4) is 17.2 Å². The highest BCUT2D eigenvalue weighted by Crippen LogP contribution is 2.32. The second-order valence-corrected chi connectivity index (χ2v) is 7.58. The first-order valence-electron chi connectivity index (χ1n) is 9.89. The van der Waals surface area contributed by atoms with Crippen LogP contribution in [0.25, 0.3) is 0 Å². The highest BCUT2D eigenvalue weighted by Gasteiger charge is 2.14. The molecule has 0 unspecified atom stereocenters. The number of carbonyl (C=O) groups is 1. The van der Waals surface area contributed by atoms with Crippen molar-refractivity contribution >= 4 is 35.0 Å². The largest absolute Gasteiger partial charge is 0.494 e. The molecular weight excluding hydrogens is 432 g/mol. The van der Waals surface area contributed by atoms with E-state index in [2.05, 4.69) is 31.0 Å². The van der Waals surface area contributed by atoms with Gasteiger partial charge < -0.3 is 19.5 Å². The number of fused-ring (bicyclic) bond motifs is 1. The standard InChI is InChI=1S/C21H22N6O4S/c1-3-29-16-6-4-5-15(10-16)22-19(28)11-32-21-23-20(26-27-21)25-24-13(2)14-7-8-17-18(9-14)31-12-30-17/h4-10H,3,11-12H2,1-2H3,(H,22,28)(H2,23,25,26,27)/b24-13+. The van der Waals surface area contributed by atoms with Crippen LogP contribution in [-0.2, 0) is 4.79 Å². The fraction of sp³-hybridized carbons (Fsp3) is 0.238. The van der Waals surface area contributed by atoms with Crippen molar-refractivity contribution in [2.24, 2.45) is 5.10 Å². The molecule has 32 heavy (non-hydrogen) atoms. The molecule has 4 rings (SSSR count). The van der Waals surface area contributed by atoms with Gasteiger partial charge in [-0.15, -0.1) is 5.10 Å². The third-order valence-corrected chi connectivity index (χ3v) is 5.19. The Bertz CT molecular complexity index is 1130. The molecule has 3 N–H and O–H groups in total. The van der Waals surface area contributed by atoms with Crippen LogP contribution in [0.5, 0.6) is 17.2 Å². The molecule has 0 saturated heterocycles. The molecule has 10 nitrogen and oxygen atoms in total. The molecule has 1 aliphatic heterocycles. The van der Waals surface area contributed by atoms with Crippen LogP contribution in [0, 0.1) is 0 Å². The number of hydrazone groups is 1. The summed E-state index contributed by atoms with van der Waals surface area (Å²) in [7, 11) is 0. The Morgan fingerprint density at radius 2 is 2.12 bits per heavy atom. The smallest absolute Gasteiger partial charge is 0.240 e. The van der Waals surface area contributed by atoms with E-state index in [9.17, 15) is 4.79 Å². The molecule has 3 aromatic rings. The summed E-state index contributed by atoms with van der Waals surface area (Å²) in [4.78, 5) is 16.5. The lowest BCUT2D eigenvalue weighted by atomic mass is 10.1. The van der Waals surface area contributed by atoms with Crippen molar-refractivity contribution in [2.45, 2.75) is 19.0 Å². The fourth-order valence-electron chi connectivity index (χ4n) is 2.84. The molecule has 166 valence electrons. The number of hydrogen-bond donors (Lipinski definition) is 3. The van der Waals surface area contributed by atoms with Gasteiger partial charge >= 0.3 is 0 Å². The SMILES string of the molecule is CCOc1cccc(NC(=O)CSc2n[nH]c(N/N=C(\C)c3ccc4c(c3)OCO4)n2)c1. The molecule has 11 heteroatoms. The zero-order valence-corrected chi connectivity index (χ0v) is 18.4. The molecule has 2 heterocycles. The van der Waals surface area contributed by atoms with E-state index in [1.165, 1.54) is 11.8 Å². The quantitative estimate of drug-likeness (QED) is 0.255. The molecule has 0 radical (unpaired) electrons. The van der Waals surface area contributed by atoms with Gasteiger partial charge in [-0.25, -0.2) is 10.5 Å². The second-order valence-electron chi connectivity index (χ2n) is 6.64. The highest BCUT2D eigenvalue weighted by molar-refractivity contribution is 7.99. The summed E-state index contributed by atoms with van der Waals surface area (Å²) in [5, 5.41) is 14.4. The average Bonchev–Trinajstić information content (AvgIpc) is 3.45. The van der Waals surface area contributed by atoms with Crippen LogP contribution in [-0.4, -0.2) is 46.0 Å². The number of nitrogens with one attached hydrogen (secondary N) is 3. The summed E-state index contributed by atoms with van der Waals surface area (Å²) in [5.74, 6) is 2.49. The first kappa shape index (κ1) is 21.5. The summed E-state index contributed by atoms with van der Waals surface area (Å²) in [6, 6.07) is 12.9. The monoisotopic (exact) mass is 454 g/mol. The number of aromatic nitrogens is 3. The number of H-pyrrole nitrogens is 1. The molecule has 0 spiro atoms. The number of nitrogens with zero attached hydrogens (tertiary/aromatic N) is 3. The minimum atomic E-state index is -0.167. The summed E-state index contributed by atoms with van der Waals surface area (Å²) in [6.07, 6.45) is 0. The van der Waals surface area contributed by atoms with Crippen molar-refractivity contribution in [1.29, 1.82) is 0 Å². The lowest BCUT2D eigenvalue weighted by molar-refractivity contribution is -0.113. The summed E-state index contributed by atoms with van der Waals surface area (Å²) >= 11 is 1.21. The number of benzene rings is 2. The first-order chi connectivity index (χ1) is 15.6. The van der Waals surface area contributed by atoms with E-state index in [4.69, 9.17) is 14.2 Å². The maximum Gasteiger partial charge on any atom is 0.240 e. The molecule has 0 aliphatic carbocycles. The van der Waals surface area contributed by atoms with Gasteiger partial charge in [0.2, 0.25) is 23.8 Å². The highest BCUT2D eigenvalue weighted by atomic mass is 32.2. The van der Waals surface area contributed by atoms with Gasteiger partial charge in [0.15, 0.2) is 11.5 Å². The maximum absolute atomic E-state index is 12.2. The molecule has 0 bridgehead atoms.